The summed E-state index contributed by atoms with van der Waals surface area (Å²) in [5.41, 5.74) is 0. The number of hydrogen-bond acceptors (Lipinski definition) is 4. The zero-order valence-corrected chi connectivity index (χ0v) is 7.96. The van der Waals surface area contributed by atoms with Crippen LogP contribution < -0.4 is 4.89 Å². The van der Waals surface area contributed by atoms with Crippen molar-refractivity contribution in [2.75, 3.05) is 26.5 Å². The molecule has 0 N–H and O–H groups in total. The van der Waals surface area contributed by atoms with E-state index in [-0.39, 0.29) is 18.2 Å². The Morgan fingerprint density at radius 2 is 2.50 bits per heavy atom. The molecule has 0 saturated carbocycles. The third-order valence-electron chi connectivity index (χ3n) is 2.06. The minimum Gasteiger partial charge on any atom is -0.596 e. The van der Waals surface area contributed by atoms with Crippen molar-refractivity contribution in [1.29, 1.82) is 0 Å². The summed E-state index contributed by atoms with van der Waals surface area (Å²) in [6, 6.07) is 0. The second kappa shape index (κ2) is 4.87. The minimum absolute atomic E-state index is 0.0251. The summed E-state index contributed by atoms with van der Waals surface area (Å²) < 4.78 is 20.7. The van der Waals surface area contributed by atoms with Gasteiger partial charge in [-0.3, -0.25) is 0 Å². The van der Waals surface area contributed by atoms with Gasteiger partial charge in [-0.25, -0.2) is 0 Å². The molecule has 0 amide bonds. The highest BCUT2D eigenvalue weighted by Gasteiger charge is 2.31. The smallest absolute Gasteiger partial charge is 0.309 e. The molecule has 1 heterocycles. The number of methoxy groups -OCH3 is 1. The van der Waals surface area contributed by atoms with Crippen LogP contribution in [0.25, 0.3) is 0 Å². The van der Waals surface area contributed by atoms with Gasteiger partial charge in [-0.15, -0.1) is 0 Å². The topological polar surface area (TPSA) is 58.6 Å². The molecule has 70 valence electrons. The maximum atomic E-state index is 10.4. The molecule has 1 rings (SSSR count). The lowest BCUT2D eigenvalue weighted by Crippen LogP contribution is -2.24. The van der Waals surface area contributed by atoms with Gasteiger partial charge in [0.1, 0.15) is 6.16 Å². The Morgan fingerprint density at radius 3 is 3.08 bits per heavy atom. The van der Waals surface area contributed by atoms with Gasteiger partial charge in [0.2, 0.25) is 0 Å². The van der Waals surface area contributed by atoms with E-state index in [2.05, 4.69) is 0 Å². The van der Waals surface area contributed by atoms with Gasteiger partial charge in [-0.1, -0.05) is 4.57 Å². The summed E-state index contributed by atoms with van der Waals surface area (Å²) >= 11 is 0. The van der Waals surface area contributed by atoms with Crippen LogP contribution in [0.1, 0.15) is 6.42 Å². The van der Waals surface area contributed by atoms with Crippen LogP contribution in [0.4, 0.5) is 0 Å². The molecule has 0 aromatic rings. The second-order valence-corrected chi connectivity index (χ2v) is 3.96. The van der Waals surface area contributed by atoms with Crippen LogP contribution in [0.3, 0.4) is 0 Å². The summed E-state index contributed by atoms with van der Waals surface area (Å²) in [4.78, 5) is 10.4. The molecule has 5 heteroatoms. The van der Waals surface area contributed by atoms with Crippen LogP contribution in [0, 0.1) is 5.92 Å². The van der Waals surface area contributed by atoms with Crippen molar-refractivity contribution in [3.05, 3.63) is 0 Å². The van der Waals surface area contributed by atoms with E-state index in [0.717, 1.165) is 6.42 Å². The van der Waals surface area contributed by atoms with E-state index in [4.69, 9.17) is 9.47 Å². The first-order valence-electron chi connectivity index (χ1n) is 3.96. The maximum absolute atomic E-state index is 10.4. The molecule has 1 aliphatic rings. The van der Waals surface area contributed by atoms with Crippen molar-refractivity contribution in [2.24, 2.45) is 5.92 Å². The van der Waals surface area contributed by atoms with Crippen molar-refractivity contribution in [2.45, 2.75) is 12.5 Å². The van der Waals surface area contributed by atoms with Crippen molar-refractivity contribution >= 4 is 8.03 Å². The molecular weight excluding hydrogens is 179 g/mol. The lowest BCUT2D eigenvalue weighted by Gasteiger charge is -2.13. The Labute approximate surface area is 72.7 Å². The first-order chi connectivity index (χ1) is 5.74. The van der Waals surface area contributed by atoms with Gasteiger partial charge < -0.3 is 14.4 Å². The molecule has 12 heavy (non-hydrogen) atoms. The molecular formula is C7H13O4P. The Hall–Kier alpha value is -0.0200. The zero-order chi connectivity index (χ0) is 8.97. The fraction of sp³-hybridized carbons (Fsp3) is 1.00. The van der Waals surface area contributed by atoms with Crippen LogP contribution in [0.5, 0.6) is 0 Å². The first kappa shape index (κ1) is 10.1. The normalized spacial score (nSPS) is 30.7. The standard InChI is InChI=1S/C7H13O4P/c1-10-4-7-6(2-3-11-7)5-12(8)9/h6-7H,2-5H2,1H3. The van der Waals surface area contributed by atoms with E-state index in [1.165, 1.54) is 0 Å². The van der Waals surface area contributed by atoms with Gasteiger partial charge in [-0.05, 0) is 6.42 Å². The molecule has 0 aliphatic carbocycles. The third kappa shape index (κ3) is 2.79. The Balaban J connectivity index is 2.35. The predicted molar refractivity (Wildman–Crippen MR) is 42.2 cm³/mol. The Bertz CT molecular complexity index is 161. The second-order valence-electron chi connectivity index (χ2n) is 2.93. The fourth-order valence-electron chi connectivity index (χ4n) is 1.44. The summed E-state index contributed by atoms with van der Waals surface area (Å²) in [7, 11) is -0.691. The third-order valence-corrected chi connectivity index (χ3v) is 2.83. The molecule has 0 radical (unpaired) electrons. The quantitative estimate of drug-likeness (QED) is 0.594. The number of rotatable bonds is 4. The van der Waals surface area contributed by atoms with Crippen LogP contribution in [-0.4, -0.2) is 32.6 Å². The molecule has 1 saturated heterocycles. The van der Waals surface area contributed by atoms with Gasteiger partial charge in [0.15, 0.2) is 0 Å². The maximum Gasteiger partial charge on any atom is 0.309 e. The van der Waals surface area contributed by atoms with Crippen LogP contribution in [0.15, 0.2) is 0 Å². The summed E-state index contributed by atoms with van der Waals surface area (Å²) in [5.74, 6) is 0.131. The van der Waals surface area contributed by atoms with E-state index in [1.807, 2.05) is 0 Å². The monoisotopic (exact) mass is 192 g/mol. The van der Waals surface area contributed by atoms with Crippen LogP contribution in [0.2, 0.25) is 0 Å². The molecule has 0 bridgehead atoms. The molecule has 3 atom stereocenters. The summed E-state index contributed by atoms with van der Waals surface area (Å²) in [6.45, 7) is 1.15. The average molecular weight is 192 g/mol. The molecule has 1 aliphatic heterocycles. The highest BCUT2D eigenvalue weighted by Crippen LogP contribution is 2.27. The molecule has 4 nitrogen and oxygen atoms in total. The van der Waals surface area contributed by atoms with Gasteiger partial charge in [0, 0.05) is 19.6 Å². The zero-order valence-electron chi connectivity index (χ0n) is 7.06. The lowest BCUT2D eigenvalue weighted by molar-refractivity contribution is -0.165. The van der Waals surface area contributed by atoms with Gasteiger partial charge in [-0.2, -0.15) is 0 Å². The highest BCUT2D eigenvalue weighted by atomic mass is 31.1. The molecule has 0 spiro atoms. The van der Waals surface area contributed by atoms with E-state index in [9.17, 15) is 9.46 Å². The summed E-state index contributed by atoms with van der Waals surface area (Å²) in [6.07, 6.45) is 1.03. The van der Waals surface area contributed by atoms with Crippen LogP contribution >= 0.6 is 8.03 Å². The predicted octanol–water partition coefficient (Wildman–Crippen LogP) is 0.141. The first-order valence-corrected chi connectivity index (χ1v) is 5.32. The van der Waals surface area contributed by atoms with E-state index < -0.39 is 8.03 Å². The highest BCUT2D eigenvalue weighted by molar-refractivity contribution is 7.36. The van der Waals surface area contributed by atoms with Crippen molar-refractivity contribution in [1.82, 2.24) is 0 Å². The van der Waals surface area contributed by atoms with Gasteiger partial charge in [0.05, 0.1) is 12.7 Å². The van der Waals surface area contributed by atoms with E-state index in [0.29, 0.717) is 13.2 Å². The lowest BCUT2D eigenvalue weighted by atomic mass is 10.1. The average Bonchev–Trinajstić information content (AvgIpc) is 2.37. The Kier molecular flexibility index (Phi) is 4.09. The van der Waals surface area contributed by atoms with Crippen molar-refractivity contribution < 1.29 is 18.9 Å². The van der Waals surface area contributed by atoms with Crippen LogP contribution in [-0.2, 0) is 14.0 Å². The summed E-state index contributed by atoms with van der Waals surface area (Å²) in [5, 5.41) is 0. The number of ether oxygens (including phenoxy) is 2. The number of hydrogen-bond donors (Lipinski definition) is 0. The molecule has 3 unspecified atom stereocenters. The minimum atomic E-state index is -2.28. The van der Waals surface area contributed by atoms with E-state index >= 15 is 0 Å². The largest absolute Gasteiger partial charge is 0.596 e. The van der Waals surface area contributed by atoms with Crippen molar-refractivity contribution in [3.8, 4) is 0 Å². The fourth-order valence-corrected chi connectivity index (χ4v) is 2.24. The Morgan fingerprint density at radius 1 is 1.75 bits per heavy atom. The van der Waals surface area contributed by atoms with Crippen molar-refractivity contribution in [3.63, 3.8) is 0 Å². The van der Waals surface area contributed by atoms with Gasteiger partial charge in [0.25, 0.3) is 0 Å². The molecule has 1 fully saturated rings. The SMILES string of the molecule is COCC1OCCC1C[P+](=O)[O-]. The van der Waals surface area contributed by atoms with E-state index in [1.54, 1.807) is 7.11 Å². The molecule has 0 aromatic carbocycles. The molecule has 0 aromatic heterocycles. The van der Waals surface area contributed by atoms with Gasteiger partial charge >= 0.3 is 8.03 Å².